The summed E-state index contributed by atoms with van der Waals surface area (Å²) in [5, 5.41) is 20.7. The van der Waals surface area contributed by atoms with E-state index in [0.717, 1.165) is 22.3 Å². The molecule has 3 aromatic carbocycles. The molecule has 6 heteroatoms. The molecule has 0 aliphatic heterocycles. The van der Waals surface area contributed by atoms with E-state index in [9.17, 15) is 10.2 Å². The fourth-order valence-electron chi connectivity index (χ4n) is 3.03. The molecule has 0 spiro atoms. The van der Waals surface area contributed by atoms with E-state index in [4.69, 9.17) is 9.47 Å². The van der Waals surface area contributed by atoms with Gasteiger partial charge in [0.1, 0.15) is 11.5 Å². The van der Waals surface area contributed by atoms with Crippen molar-refractivity contribution < 1.29 is 19.7 Å². The summed E-state index contributed by atoms with van der Waals surface area (Å²) in [4.78, 5) is 0. The van der Waals surface area contributed by atoms with Crippen LogP contribution in [0.4, 0.5) is 0 Å². The lowest BCUT2D eigenvalue weighted by Gasteiger charge is -2.18. The van der Waals surface area contributed by atoms with Crippen molar-refractivity contribution in [3.63, 3.8) is 0 Å². The van der Waals surface area contributed by atoms with Crippen LogP contribution in [0.2, 0.25) is 0 Å². The minimum Gasteiger partial charge on any atom is -0.508 e. The Hall–Kier alpha value is -1.68. The summed E-state index contributed by atoms with van der Waals surface area (Å²) in [5.41, 5.74) is 4.81. The molecular formula is C22H22I2O4. The number of halogens is 2. The Bertz CT molecular complexity index is 954. The number of rotatable bonds is 4. The Morgan fingerprint density at radius 2 is 1.39 bits per heavy atom. The zero-order valence-electron chi connectivity index (χ0n) is 16.1. The molecule has 0 atom stereocenters. The molecule has 0 bridgehead atoms. The van der Waals surface area contributed by atoms with Crippen LogP contribution in [0, 0.1) is 13.8 Å². The second-order valence-corrected chi connectivity index (χ2v) is 6.25. The molecule has 0 unspecified atom stereocenters. The van der Waals surface area contributed by atoms with Gasteiger partial charge in [-0.2, -0.15) is 0 Å². The summed E-state index contributed by atoms with van der Waals surface area (Å²) in [6.07, 6.45) is 0. The highest BCUT2D eigenvalue weighted by Crippen LogP contribution is 2.49. The van der Waals surface area contributed by atoms with Gasteiger partial charge in [-0.05, 0) is 48.7 Å². The first kappa shape index (κ1) is 22.6. The molecule has 148 valence electrons. The van der Waals surface area contributed by atoms with Crippen LogP contribution in [0.1, 0.15) is 11.1 Å². The van der Waals surface area contributed by atoms with Gasteiger partial charge in [0.2, 0.25) is 0 Å². The van der Waals surface area contributed by atoms with Gasteiger partial charge in [0.05, 0.1) is 19.8 Å². The summed E-state index contributed by atoms with van der Waals surface area (Å²) in [5.74, 6) is 1.13. The van der Waals surface area contributed by atoms with Crippen molar-refractivity contribution in [2.45, 2.75) is 13.8 Å². The number of benzene rings is 3. The van der Waals surface area contributed by atoms with Crippen LogP contribution in [0.3, 0.4) is 0 Å². The van der Waals surface area contributed by atoms with E-state index in [1.807, 2.05) is 37.3 Å². The highest BCUT2D eigenvalue weighted by Gasteiger charge is 2.21. The van der Waals surface area contributed by atoms with E-state index < -0.39 is 0 Å². The number of aromatic hydroxyl groups is 2. The molecule has 2 N–H and O–H groups in total. The van der Waals surface area contributed by atoms with E-state index in [1.165, 1.54) is 7.11 Å². The van der Waals surface area contributed by atoms with Crippen LogP contribution in [0.15, 0.2) is 48.5 Å². The standard InChI is InChI=1S/C22H22O4.I2/c1-13-5-7-15(8-6-13)17-12-19(25-3)20(21(24)22(17)26-4)16-9-10-18(23)14(2)11-16;1-2/h5-12,23-24H,1-4H3;. The first-order valence-electron chi connectivity index (χ1n) is 8.45. The van der Waals surface area contributed by atoms with Gasteiger partial charge in [-0.1, -0.05) is 35.9 Å². The molecule has 3 rings (SSSR count). The zero-order chi connectivity index (χ0) is 20.8. The molecule has 0 saturated carbocycles. The SMILES string of the molecule is COc1cc(-c2ccc(C)cc2)c(OC)c(O)c1-c1ccc(O)c(C)c1.II. The molecule has 0 fully saturated rings. The van der Waals surface area contributed by atoms with Crippen LogP contribution < -0.4 is 9.47 Å². The number of ether oxygens (including phenoxy) is 2. The average molecular weight is 604 g/mol. The number of hydrogen-bond donors (Lipinski definition) is 2. The highest BCUT2D eigenvalue weighted by molar-refractivity contribution is 15.0. The summed E-state index contributed by atoms with van der Waals surface area (Å²) in [7, 11) is 3.10. The van der Waals surface area contributed by atoms with Gasteiger partial charge in [-0.15, -0.1) is 0 Å². The molecule has 28 heavy (non-hydrogen) atoms. The van der Waals surface area contributed by atoms with E-state index >= 15 is 0 Å². The molecule has 4 nitrogen and oxygen atoms in total. The average Bonchev–Trinajstić information content (AvgIpc) is 2.71. The minimum absolute atomic E-state index is 0.00696. The van der Waals surface area contributed by atoms with Crippen molar-refractivity contribution in [1.82, 2.24) is 0 Å². The Morgan fingerprint density at radius 1 is 0.786 bits per heavy atom. The van der Waals surface area contributed by atoms with Gasteiger partial charge in [0, 0.05) is 42.8 Å². The highest BCUT2D eigenvalue weighted by atomic mass is 128. The quantitative estimate of drug-likeness (QED) is 0.321. The number of phenolic OH excluding ortho intramolecular Hbond substituents is 2. The molecule has 0 amide bonds. The maximum atomic E-state index is 10.9. The topological polar surface area (TPSA) is 58.9 Å². The van der Waals surface area contributed by atoms with Crippen LogP contribution in [0.25, 0.3) is 22.3 Å². The van der Waals surface area contributed by atoms with E-state index in [-0.39, 0.29) is 11.5 Å². The largest absolute Gasteiger partial charge is 0.508 e. The molecule has 0 saturated heterocycles. The van der Waals surface area contributed by atoms with Crippen LogP contribution in [-0.2, 0) is 0 Å². The first-order valence-corrected chi connectivity index (χ1v) is 14.7. The number of aryl methyl sites for hydroxylation is 2. The summed E-state index contributed by atoms with van der Waals surface area (Å²) in [6.45, 7) is 3.83. The smallest absolute Gasteiger partial charge is 0.170 e. The van der Waals surface area contributed by atoms with Crippen LogP contribution in [-0.4, -0.2) is 24.4 Å². The minimum atomic E-state index is 0.00696. The van der Waals surface area contributed by atoms with Gasteiger partial charge in [0.15, 0.2) is 11.5 Å². The Kier molecular flexibility index (Phi) is 8.23. The maximum absolute atomic E-state index is 10.9. The van der Waals surface area contributed by atoms with Crippen molar-refractivity contribution in [1.29, 1.82) is 0 Å². The number of hydrogen-bond acceptors (Lipinski definition) is 4. The van der Waals surface area contributed by atoms with Crippen molar-refractivity contribution in [3.8, 4) is 45.3 Å². The van der Waals surface area contributed by atoms with Gasteiger partial charge >= 0.3 is 0 Å². The lowest BCUT2D eigenvalue weighted by Crippen LogP contribution is -1.96. The van der Waals surface area contributed by atoms with Crippen molar-refractivity contribution in [3.05, 3.63) is 59.7 Å². The van der Waals surface area contributed by atoms with Gasteiger partial charge in [-0.25, -0.2) is 0 Å². The maximum Gasteiger partial charge on any atom is 0.170 e. The molecule has 0 aromatic heterocycles. The van der Waals surface area contributed by atoms with E-state index in [0.29, 0.717) is 22.6 Å². The number of phenols is 2. The first-order chi connectivity index (χ1) is 13.5. The normalized spacial score (nSPS) is 10.1. The van der Waals surface area contributed by atoms with Crippen LogP contribution >= 0.6 is 37.2 Å². The Labute approximate surface area is 188 Å². The third-order valence-corrected chi connectivity index (χ3v) is 4.49. The van der Waals surface area contributed by atoms with E-state index in [2.05, 4.69) is 37.2 Å². The second-order valence-electron chi connectivity index (χ2n) is 6.25. The third-order valence-electron chi connectivity index (χ3n) is 4.49. The fourth-order valence-corrected chi connectivity index (χ4v) is 3.03. The predicted octanol–water partition coefficient (Wildman–Crippen LogP) is 6.84. The van der Waals surface area contributed by atoms with Gasteiger partial charge in [0.25, 0.3) is 0 Å². The monoisotopic (exact) mass is 604 g/mol. The lowest BCUT2D eigenvalue weighted by molar-refractivity contribution is 0.369. The summed E-state index contributed by atoms with van der Waals surface area (Å²) >= 11 is 4.24. The fraction of sp³-hybridized carbons (Fsp3) is 0.182. The lowest BCUT2D eigenvalue weighted by atomic mass is 9.95. The molecule has 0 radical (unpaired) electrons. The second kappa shape index (κ2) is 10.2. The van der Waals surface area contributed by atoms with Crippen molar-refractivity contribution >= 4 is 37.2 Å². The van der Waals surface area contributed by atoms with Crippen molar-refractivity contribution in [2.24, 2.45) is 0 Å². The van der Waals surface area contributed by atoms with Crippen LogP contribution in [0.5, 0.6) is 23.0 Å². The zero-order valence-corrected chi connectivity index (χ0v) is 20.4. The van der Waals surface area contributed by atoms with E-state index in [1.54, 1.807) is 32.2 Å². The molecule has 0 aliphatic carbocycles. The Morgan fingerprint density at radius 3 is 1.93 bits per heavy atom. The molecule has 0 aliphatic rings. The summed E-state index contributed by atoms with van der Waals surface area (Å²) in [6, 6.07) is 15.0. The van der Waals surface area contributed by atoms with Gasteiger partial charge in [-0.3, -0.25) is 0 Å². The predicted molar refractivity (Wildman–Crippen MR) is 131 cm³/mol. The molecule has 0 heterocycles. The number of methoxy groups -OCH3 is 2. The molecule has 3 aromatic rings. The Balaban J connectivity index is 0.00000136. The van der Waals surface area contributed by atoms with Gasteiger partial charge < -0.3 is 19.7 Å². The molecular weight excluding hydrogens is 582 g/mol. The summed E-state index contributed by atoms with van der Waals surface area (Å²) < 4.78 is 11.1. The third kappa shape index (κ3) is 4.65. The van der Waals surface area contributed by atoms with Crippen molar-refractivity contribution in [2.75, 3.05) is 14.2 Å².